The predicted molar refractivity (Wildman–Crippen MR) is 67.1 cm³/mol. The van der Waals surface area contributed by atoms with E-state index in [1.54, 1.807) is 0 Å². The minimum Gasteiger partial charge on any atom is -0.480 e. The zero-order valence-corrected chi connectivity index (χ0v) is 10.7. The lowest BCUT2D eigenvalue weighted by Gasteiger charge is -2.33. The molecule has 1 amide bonds. The number of amides is 1. The monoisotopic (exact) mass is 257 g/mol. The summed E-state index contributed by atoms with van der Waals surface area (Å²) < 4.78 is 0. The van der Waals surface area contributed by atoms with Gasteiger partial charge in [0.1, 0.15) is 6.04 Å². The Morgan fingerprint density at radius 3 is 2.47 bits per heavy atom. The van der Waals surface area contributed by atoms with Crippen LogP contribution in [0.25, 0.3) is 0 Å². The van der Waals surface area contributed by atoms with Gasteiger partial charge in [0.25, 0.3) is 0 Å². The van der Waals surface area contributed by atoms with Gasteiger partial charge in [0.2, 0.25) is 5.91 Å². The Morgan fingerprint density at radius 2 is 2.00 bits per heavy atom. The van der Waals surface area contributed by atoms with Crippen molar-refractivity contribution >= 4 is 24.5 Å². The summed E-state index contributed by atoms with van der Waals surface area (Å²) in [6.45, 7) is 0.482. The van der Waals surface area contributed by atoms with Gasteiger partial charge in [-0.25, -0.2) is 4.79 Å². The SMILES string of the molecule is O=C(O)C(C1CCCCC1)N1CC(S)CC1=O. The standard InChI is InChI=1S/C12H19NO3S/c14-10-6-9(17)7-13(10)11(12(15)16)8-4-2-1-3-5-8/h8-9,11,17H,1-7H2,(H,15,16). The molecule has 2 aliphatic rings. The third kappa shape index (κ3) is 2.76. The molecule has 2 rings (SSSR count). The minimum atomic E-state index is -0.854. The summed E-state index contributed by atoms with van der Waals surface area (Å²) in [6.07, 6.45) is 5.59. The summed E-state index contributed by atoms with van der Waals surface area (Å²) in [5.74, 6) is -0.778. The third-order valence-corrected chi connectivity index (χ3v) is 4.17. The summed E-state index contributed by atoms with van der Waals surface area (Å²) >= 11 is 4.28. The summed E-state index contributed by atoms with van der Waals surface area (Å²) in [7, 11) is 0. The van der Waals surface area contributed by atoms with Gasteiger partial charge < -0.3 is 10.0 Å². The van der Waals surface area contributed by atoms with E-state index in [1.165, 1.54) is 11.3 Å². The maximum Gasteiger partial charge on any atom is 0.326 e. The Bertz CT molecular complexity index is 315. The first kappa shape index (κ1) is 12.7. The van der Waals surface area contributed by atoms with Gasteiger partial charge in [0, 0.05) is 18.2 Å². The largest absolute Gasteiger partial charge is 0.480 e. The van der Waals surface area contributed by atoms with Crippen molar-refractivity contribution in [1.82, 2.24) is 4.90 Å². The molecule has 1 heterocycles. The Balaban J connectivity index is 2.11. The lowest BCUT2D eigenvalue weighted by molar-refractivity contribution is -0.151. The molecule has 1 saturated carbocycles. The quantitative estimate of drug-likeness (QED) is 0.754. The summed E-state index contributed by atoms with van der Waals surface area (Å²) in [4.78, 5) is 24.7. The second-order valence-corrected chi connectivity index (χ2v) is 5.82. The van der Waals surface area contributed by atoms with Crippen LogP contribution in [0.1, 0.15) is 38.5 Å². The highest BCUT2D eigenvalue weighted by Crippen LogP contribution is 2.31. The first-order valence-corrected chi connectivity index (χ1v) is 6.81. The molecule has 96 valence electrons. The second kappa shape index (κ2) is 5.29. The highest BCUT2D eigenvalue weighted by Gasteiger charge is 2.40. The molecule has 5 heteroatoms. The second-order valence-electron chi connectivity index (χ2n) is 5.09. The number of carbonyl (C=O) groups is 2. The van der Waals surface area contributed by atoms with Gasteiger partial charge in [-0.2, -0.15) is 12.6 Å². The molecule has 2 unspecified atom stereocenters. The van der Waals surface area contributed by atoms with E-state index in [4.69, 9.17) is 0 Å². The molecule has 0 spiro atoms. The minimum absolute atomic E-state index is 0.00654. The number of thiol groups is 1. The van der Waals surface area contributed by atoms with E-state index in [0.717, 1.165) is 25.7 Å². The fourth-order valence-electron chi connectivity index (χ4n) is 3.02. The number of hydrogen-bond acceptors (Lipinski definition) is 3. The molecule has 1 aliphatic carbocycles. The van der Waals surface area contributed by atoms with Gasteiger partial charge in [-0.05, 0) is 18.8 Å². The van der Waals surface area contributed by atoms with E-state index < -0.39 is 12.0 Å². The van der Waals surface area contributed by atoms with Crippen LogP contribution in [-0.2, 0) is 9.59 Å². The maximum absolute atomic E-state index is 11.8. The lowest BCUT2D eigenvalue weighted by atomic mass is 9.83. The van der Waals surface area contributed by atoms with Gasteiger partial charge in [-0.1, -0.05) is 19.3 Å². The Kier molecular flexibility index (Phi) is 3.97. The Morgan fingerprint density at radius 1 is 1.35 bits per heavy atom. The van der Waals surface area contributed by atoms with Gasteiger partial charge in [0.05, 0.1) is 0 Å². The van der Waals surface area contributed by atoms with Crippen molar-refractivity contribution in [3.8, 4) is 0 Å². The van der Waals surface area contributed by atoms with E-state index in [1.807, 2.05) is 0 Å². The van der Waals surface area contributed by atoms with Crippen LogP contribution < -0.4 is 0 Å². The maximum atomic E-state index is 11.8. The number of carboxylic acids is 1. The van der Waals surface area contributed by atoms with Crippen LogP contribution in [0.3, 0.4) is 0 Å². The molecule has 2 atom stereocenters. The van der Waals surface area contributed by atoms with Crippen LogP contribution in [0.2, 0.25) is 0 Å². The predicted octanol–water partition coefficient (Wildman–Crippen LogP) is 1.55. The average molecular weight is 257 g/mol. The van der Waals surface area contributed by atoms with Crippen LogP contribution >= 0.6 is 12.6 Å². The van der Waals surface area contributed by atoms with Crippen LogP contribution in [0.4, 0.5) is 0 Å². The van der Waals surface area contributed by atoms with Crippen molar-refractivity contribution in [2.45, 2.75) is 49.8 Å². The van der Waals surface area contributed by atoms with Crippen molar-refractivity contribution in [2.75, 3.05) is 6.54 Å². The van der Waals surface area contributed by atoms with E-state index in [0.29, 0.717) is 13.0 Å². The molecule has 1 N–H and O–H groups in total. The molecule has 17 heavy (non-hydrogen) atoms. The summed E-state index contributed by atoms with van der Waals surface area (Å²) in [5.41, 5.74) is 0. The molecule has 1 saturated heterocycles. The van der Waals surface area contributed by atoms with Crippen molar-refractivity contribution in [2.24, 2.45) is 5.92 Å². The fourth-order valence-corrected chi connectivity index (χ4v) is 3.35. The highest BCUT2D eigenvalue weighted by molar-refractivity contribution is 7.81. The number of rotatable bonds is 3. The molecule has 0 bridgehead atoms. The molecular formula is C12H19NO3S. The molecule has 0 aromatic rings. The van der Waals surface area contributed by atoms with Crippen LogP contribution in [0.15, 0.2) is 0 Å². The number of aliphatic carboxylic acids is 1. The Labute approximate surface area is 107 Å². The van der Waals surface area contributed by atoms with Gasteiger partial charge in [-0.3, -0.25) is 4.79 Å². The van der Waals surface area contributed by atoms with Gasteiger partial charge in [0.15, 0.2) is 0 Å². The van der Waals surface area contributed by atoms with E-state index >= 15 is 0 Å². The first-order chi connectivity index (χ1) is 8.09. The topological polar surface area (TPSA) is 57.6 Å². The Hall–Kier alpha value is -0.710. The van der Waals surface area contributed by atoms with Gasteiger partial charge in [-0.15, -0.1) is 0 Å². The fraction of sp³-hybridized carbons (Fsp3) is 0.833. The van der Waals surface area contributed by atoms with E-state index in [2.05, 4.69) is 12.6 Å². The molecule has 2 fully saturated rings. The lowest BCUT2D eigenvalue weighted by Crippen LogP contribution is -2.47. The van der Waals surface area contributed by atoms with Gasteiger partial charge >= 0.3 is 5.97 Å². The van der Waals surface area contributed by atoms with E-state index in [9.17, 15) is 14.7 Å². The number of hydrogen-bond donors (Lipinski definition) is 2. The van der Waals surface area contributed by atoms with Crippen LogP contribution in [-0.4, -0.2) is 39.7 Å². The number of carboxylic acid groups (broad SMARTS) is 1. The summed E-state index contributed by atoms with van der Waals surface area (Å²) in [6, 6.07) is -0.625. The molecule has 0 radical (unpaired) electrons. The molecule has 0 aromatic heterocycles. The molecule has 4 nitrogen and oxygen atoms in total. The zero-order valence-electron chi connectivity index (χ0n) is 9.84. The number of nitrogens with zero attached hydrogens (tertiary/aromatic N) is 1. The molecular weight excluding hydrogens is 238 g/mol. The van der Waals surface area contributed by atoms with Crippen molar-refractivity contribution < 1.29 is 14.7 Å². The smallest absolute Gasteiger partial charge is 0.326 e. The number of carbonyl (C=O) groups excluding carboxylic acids is 1. The zero-order chi connectivity index (χ0) is 12.4. The third-order valence-electron chi connectivity index (χ3n) is 3.82. The normalized spacial score (nSPS) is 28.4. The number of likely N-dealkylation sites (tertiary alicyclic amines) is 1. The van der Waals surface area contributed by atoms with Crippen molar-refractivity contribution in [3.63, 3.8) is 0 Å². The first-order valence-electron chi connectivity index (χ1n) is 6.30. The average Bonchev–Trinajstić information content (AvgIpc) is 2.59. The van der Waals surface area contributed by atoms with Crippen LogP contribution in [0.5, 0.6) is 0 Å². The molecule has 0 aromatic carbocycles. The molecule has 1 aliphatic heterocycles. The summed E-state index contributed by atoms with van der Waals surface area (Å²) in [5, 5.41) is 9.36. The highest BCUT2D eigenvalue weighted by atomic mass is 32.1. The van der Waals surface area contributed by atoms with Crippen LogP contribution in [0, 0.1) is 5.92 Å². The van der Waals surface area contributed by atoms with Crippen molar-refractivity contribution in [1.29, 1.82) is 0 Å². The van der Waals surface area contributed by atoms with Crippen molar-refractivity contribution in [3.05, 3.63) is 0 Å². The van der Waals surface area contributed by atoms with E-state index in [-0.39, 0.29) is 17.1 Å².